The lowest BCUT2D eigenvalue weighted by Gasteiger charge is -2.31. The van der Waals surface area contributed by atoms with Crippen LogP contribution in [0, 0.1) is 17.8 Å². The molecule has 0 aliphatic heterocycles. The average molecular weight is 463 g/mol. The summed E-state index contributed by atoms with van der Waals surface area (Å²) in [5.41, 5.74) is 4.65. The van der Waals surface area contributed by atoms with Gasteiger partial charge in [0.1, 0.15) is 6.61 Å². The molecule has 2 fully saturated rings. The van der Waals surface area contributed by atoms with Gasteiger partial charge in [-0.15, -0.1) is 0 Å². The lowest BCUT2D eigenvalue weighted by molar-refractivity contribution is -0.137. The lowest BCUT2D eigenvalue weighted by Crippen LogP contribution is -2.51. The second-order valence-electron chi connectivity index (χ2n) is 9.86. The first-order chi connectivity index (χ1) is 16.4. The van der Waals surface area contributed by atoms with Crippen molar-refractivity contribution in [3.63, 3.8) is 0 Å². The van der Waals surface area contributed by atoms with Gasteiger partial charge in [-0.2, -0.15) is 0 Å². The number of hydrogen-bond donors (Lipinski definition) is 3. The Balaban J connectivity index is 1.24. The third kappa shape index (κ3) is 4.15. The first kappa shape index (κ1) is 22.4. The number of ether oxygens (including phenoxy) is 1. The van der Waals surface area contributed by atoms with Gasteiger partial charge in [-0.1, -0.05) is 48.5 Å². The van der Waals surface area contributed by atoms with E-state index in [1.54, 1.807) is 6.92 Å². The zero-order valence-corrected chi connectivity index (χ0v) is 19.2. The molecule has 2 aromatic rings. The Labute approximate surface area is 198 Å². The molecule has 5 atom stereocenters. The van der Waals surface area contributed by atoms with Crippen molar-refractivity contribution in [1.29, 1.82) is 0 Å². The number of nitrogens with one attached hydrogen (secondary N) is 2. The molecule has 178 valence electrons. The van der Waals surface area contributed by atoms with Gasteiger partial charge in [-0.3, -0.25) is 9.59 Å². The van der Waals surface area contributed by atoms with Crippen molar-refractivity contribution >= 4 is 18.0 Å². The van der Waals surface area contributed by atoms with E-state index in [-0.39, 0.29) is 48.6 Å². The summed E-state index contributed by atoms with van der Waals surface area (Å²) in [6.45, 7) is 1.92. The maximum Gasteiger partial charge on any atom is 0.407 e. The van der Waals surface area contributed by atoms with E-state index >= 15 is 0 Å². The Hall–Kier alpha value is -3.35. The third-order valence-electron chi connectivity index (χ3n) is 7.72. The van der Waals surface area contributed by atoms with E-state index in [0.717, 1.165) is 30.4 Å². The summed E-state index contributed by atoms with van der Waals surface area (Å²) in [4.78, 5) is 36.8. The van der Waals surface area contributed by atoms with Gasteiger partial charge < -0.3 is 20.5 Å². The summed E-state index contributed by atoms with van der Waals surface area (Å²) in [6, 6.07) is 15.6. The maximum atomic E-state index is 13.0. The Bertz CT molecular complexity index is 1070. The van der Waals surface area contributed by atoms with Gasteiger partial charge in [0.05, 0.1) is 12.3 Å². The monoisotopic (exact) mass is 462 g/mol. The predicted octanol–water partition coefficient (Wildman–Crippen LogP) is 3.92. The minimum absolute atomic E-state index is 0.0193. The zero-order chi connectivity index (χ0) is 23.8. The zero-order valence-electron chi connectivity index (χ0n) is 19.2. The molecule has 0 spiro atoms. The molecule has 3 aliphatic rings. The molecule has 0 heterocycles. The number of aliphatic carboxylic acids is 1. The van der Waals surface area contributed by atoms with Crippen LogP contribution in [0.3, 0.4) is 0 Å². The minimum Gasteiger partial charge on any atom is -0.481 e. The van der Waals surface area contributed by atoms with E-state index in [4.69, 9.17) is 9.84 Å². The molecule has 5 unspecified atom stereocenters. The number of hydrogen-bond acceptors (Lipinski definition) is 4. The molecule has 7 nitrogen and oxygen atoms in total. The summed E-state index contributed by atoms with van der Waals surface area (Å²) in [6.07, 6.45) is 2.21. The van der Waals surface area contributed by atoms with E-state index < -0.39 is 18.1 Å². The average Bonchev–Trinajstić information content (AvgIpc) is 3.49. The summed E-state index contributed by atoms with van der Waals surface area (Å²) < 4.78 is 5.71. The first-order valence-electron chi connectivity index (χ1n) is 12.1. The van der Waals surface area contributed by atoms with Gasteiger partial charge in [0.2, 0.25) is 5.91 Å². The van der Waals surface area contributed by atoms with Crippen molar-refractivity contribution in [2.45, 2.75) is 50.6 Å². The molecule has 2 saturated carbocycles. The highest BCUT2D eigenvalue weighted by Crippen LogP contribution is 2.49. The van der Waals surface area contributed by atoms with Crippen LogP contribution in [-0.2, 0) is 14.3 Å². The minimum atomic E-state index is -0.950. The van der Waals surface area contributed by atoms with Crippen LogP contribution in [0.25, 0.3) is 11.1 Å². The number of carbonyl (C=O) groups is 3. The third-order valence-corrected chi connectivity index (χ3v) is 7.72. The number of alkyl carbamates (subject to hydrolysis) is 1. The van der Waals surface area contributed by atoms with E-state index in [2.05, 4.69) is 34.9 Å². The van der Waals surface area contributed by atoms with Gasteiger partial charge in [0, 0.05) is 18.0 Å². The first-order valence-corrected chi connectivity index (χ1v) is 12.1. The van der Waals surface area contributed by atoms with Crippen LogP contribution >= 0.6 is 0 Å². The standard InChI is InChI=1S/C27H30N2O5/c1-15(12-23(30)31)28-26(32)24-16-10-11-17(13-16)25(24)29-27(33)34-14-22-20-8-4-2-6-18(20)19-7-3-5-9-21(19)22/h2-9,15-17,22,24-25H,10-14H2,1H3,(H,28,32)(H,29,33)(H,30,31). The molecule has 0 radical (unpaired) electrons. The van der Waals surface area contributed by atoms with Crippen molar-refractivity contribution in [2.75, 3.05) is 6.61 Å². The van der Waals surface area contributed by atoms with E-state index in [0.29, 0.717) is 0 Å². The highest BCUT2D eigenvalue weighted by molar-refractivity contribution is 5.82. The SMILES string of the molecule is CC(CC(=O)O)NC(=O)C1C2CCC(C2)C1NC(=O)OCC1c2ccccc2-c2ccccc21. The van der Waals surface area contributed by atoms with Gasteiger partial charge in [-0.25, -0.2) is 4.79 Å². The van der Waals surface area contributed by atoms with Gasteiger partial charge in [0.15, 0.2) is 0 Å². The number of carboxylic acid groups (broad SMARTS) is 1. The maximum absolute atomic E-state index is 13.0. The van der Waals surface area contributed by atoms with Crippen LogP contribution in [0.2, 0.25) is 0 Å². The molecule has 3 N–H and O–H groups in total. The van der Waals surface area contributed by atoms with Crippen LogP contribution in [0.1, 0.15) is 49.7 Å². The smallest absolute Gasteiger partial charge is 0.407 e. The number of rotatable bonds is 7. The summed E-state index contributed by atoms with van der Waals surface area (Å²) in [7, 11) is 0. The van der Waals surface area contributed by atoms with Crippen molar-refractivity contribution in [3.8, 4) is 11.1 Å². The number of carbonyl (C=O) groups excluding carboxylic acids is 2. The van der Waals surface area contributed by atoms with E-state index in [1.807, 2.05) is 24.3 Å². The summed E-state index contributed by atoms with van der Waals surface area (Å²) in [5.74, 6) is -1.04. The number of amides is 2. The Kier molecular flexibility index (Phi) is 6.02. The van der Waals surface area contributed by atoms with Crippen molar-refractivity contribution < 1.29 is 24.2 Å². The fourth-order valence-corrected chi connectivity index (χ4v) is 6.30. The molecule has 34 heavy (non-hydrogen) atoms. The number of fused-ring (bicyclic) bond motifs is 5. The number of benzene rings is 2. The van der Waals surface area contributed by atoms with Gasteiger partial charge >= 0.3 is 12.1 Å². The molecule has 2 amide bonds. The highest BCUT2D eigenvalue weighted by Gasteiger charge is 2.51. The fraction of sp³-hybridized carbons (Fsp3) is 0.444. The largest absolute Gasteiger partial charge is 0.481 e. The highest BCUT2D eigenvalue weighted by atomic mass is 16.5. The molecule has 5 rings (SSSR count). The molecule has 7 heteroatoms. The van der Waals surface area contributed by atoms with Crippen LogP contribution in [0.5, 0.6) is 0 Å². The van der Waals surface area contributed by atoms with Crippen LogP contribution in [-0.4, -0.2) is 41.8 Å². The van der Waals surface area contributed by atoms with E-state index in [9.17, 15) is 14.4 Å². The van der Waals surface area contributed by atoms with Gasteiger partial charge in [0.25, 0.3) is 0 Å². The Morgan fingerprint density at radius 3 is 2.26 bits per heavy atom. The van der Waals surface area contributed by atoms with Crippen molar-refractivity contribution in [1.82, 2.24) is 10.6 Å². The Morgan fingerprint density at radius 2 is 1.62 bits per heavy atom. The molecule has 2 aromatic carbocycles. The second-order valence-corrected chi connectivity index (χ2v) is 9.86. The quantitative estimate of drug-likeness (QED) is 0.579. The van der Waals surface area contributed by atoms with Crippen LogP contribution in [0.15, 0.2) is 48.5 Å². The fourth-order valence-electron chi connectivity index (χ4n) is 6.30. The molecule has 3 aliphatic carbocycles. The molecular formula is C27H30N2O5. The molecule has 2 bridgehead atoms. The lowest BCUT2D eigenvalue weighted by atomic mass is 9.83. The summed E-state index contributed by atoms with van der Waals surface area (Å²) in [5, 5.41) is 14.8. The topological polar surface area (TPSA) is 105 Å². The van der Waals surface area contributed by atoms with Crippen LogP contribution < -0.4 is 10.6 Å². The van der Waals surface area contributed by atoms with Gasteiger partial charge in [-0.05, 0) is 60.3 Å². The Morgan fingerprint density at radius 1 is 1.00 bits per heavy atom. The van der Waals surface area contributed by atoms with Crippen LogP contribution in [0.4, 0.5) is 4.79 Å². The summed E-state index contributed by atoms with van der Waals surface area (Å²) >= 11 is 0. The van der Waals surface area contributed by atoms with Crippen molar-refractivity contribution in [3.05, 3.63) is 59.7 Å². The molecule has 0 aromatic heterocycles. The number of carboxylic acids is 1. The second kappa shape index (κ2) is 9.12. The van der Waals surface area contributed by atoms with Crippen molar-refractivity contribution in [2.24, 2.45) is 17.8 Å². The normalized spacial score (nSPS) is 25.3. The molecule has 0 saturated heterocycles. The van der Waals surface area contributed by atoms with E-state index in [1.165, 1.54) is 11.1 Å². The molecular weight excluding hydrogens is 432 g/mol. The predicted molar refractivity (Wildman–Crippen MR) is 126 cm³/mol.